The molecule has 1 aliphatic rings. The van der Waals surface area contributed by atoms with Crippen LogP contribution < -0.4 is 9.64 Å². The minimum absolute atomic E-state index is 0.128. The molecule has 1 heterocycles. The minimum atomic E-state index is 0.128. The van der Waals surface area contributed by atoms with Crippen molar-refractivity contribution in [1.82, 2.24) is 0 Å². The Morgan fingerprint density at radius 1 is 1.58 bits per heavy atom. The highest BCUT2D eigenvalue weighted by molar-refractivity contribution is 6.18. The molecule has 2 rings (SSSR count). The van der Waals surface area contributed by atoms with Crippen LogP contribution in [0.2, 0.25) is 0 Å². The van der Waals surface area contributed by atoms with Crippen molar-refractivity contribution in [3.8, 4) is 5.75 Å². The van der Waals surface area contributed by atoms with Crippen LogP contribution in [0.1, 0.15) is 13.3 Å². The molecule has 1 aliphatic heterocycles. The maximum atomic E-state index is 11.9. The number of rotatable bonds is 5. The molecule has 0 bridgehead atoms. The van der Waals surface area contributed by atoms with Gasteiger partial charge in [-0.05, 0) is 30.5 Å². The summed E-state index contributed by atoms with van der Waals surface area (Å²) < 4.78 is 5.59. The molecule has 1 saturated heterocycles. The highest BCUT2D eigenvalue weighted by Crippen LogP contribution is 2.28. The third kappa shape index (κ3) is 3.51. The van der Waals surface area contributed by atoms with Crippen molar-refractivity contribution in [2.24, 2.45) is 5.92 Å². The molecule has 1 aromatic rings. The lowest BCUT2D eigenvalue weighted by molar-refractivity contribution is -0.117. The van der Waals surface area contributed by atoms with E-state index in [1.54, 1.807) is 4.90 Å². The zero-order valence-electron chi connectivity index (χ0n) is 11.1. The maximum absolute atomic E-state index is 11.9. The molecule has 0 N–H and O–H groups in total. The van der Waals surface area contributed by atoms with E-state index in [9.17, 15) is 4.79 Å². The highest BCUT2D eigenvalue weighted by Gasteiger charge is 2.29. The lowest BCUT2D eigenvalue weighted by Gasteiger charge is -2.17. The van der Waals surface area contributed by atoms with Crippen molar-refractivity contribution in [1.29, 1.82) is 0 Å². The smallest absolute Gasteiger partial charge is 0.227 e. The van der Waals surface area contributed by atoms with Crippen LogP contribution in [0, 0.1) is 5.92 Å². The molecule has 0 spiro atoms. The minimum Gasteiger partial charge on any atom is -0.489 e. The number of carbonyl (C=O) groups is 1. The first kappa shape index (κ1) is 13.9. The number of halogens is 1. The number of nitrogens with zero attached hydrogens (tertiary/aromatic N) is 1. The lowest BCUT2D eigenvalue weighted by atomic mass is 10.1. The first-order valence-electron chi connectivity index (χ1n) is 6.33. The monoisotopic (exact) mass is 279 g/mol. The summed E-state index contributed by atoms with van der Waals surface area (Å²) in [5.41, 5.74) is 1.83. The second-order valence-electron chi connectivity index (χ2n) is 4.97. The average molecular weight is 280 g/mol. The molecular formula is C15H18ClNO2. The standard InChI is InChI=1S/C15H18ClNO2/c1-11(2)10-19-14-5-3-4-13(7-14)17-9-12(8-16)6-15(17)18/h3-5,7,12H,1,6,8-10H2,2H3. The van der Waals surface area contributed by atoms with Crippen LogP contribution in [-0.2, 0) is 4.79 Å². The summed E-state index contributed by atoms with van der Waals surface area (Å²) in [5, 5.41) is 0. The SMILES string of the molecule is C=C(C)COc1cccc(N2CC(CCl)CC2=O)c1. The zero-order chi connectivity index (χ0) is 13.8. The Kier molecular flexibility index (Phi) is 4.48. The predicted octanol–water partition coefficient (Wildman–Crippen LogP) is 3.23. The Labute approximate surface area is 118 Å². The fourth-order valence-electron chi connectivity index (χ4n) is 2.08. The van der Waals surface area contributed by atoms with E-state index in [-0.39, 0.29) is 11.8 Å². The normalized spacial score (nSPS) is 18.7. The molecule has 0 aliphatic carbocycles. The van der Waals surface area contributed by atoms with Crippen LogP contribution in [-0.4, -0.2) is 24.9 Å². The van der Waals surface area contributed by atoms with Crippen LogP contribution in [0.5, 0.6) is 5.75 Å². The van der Waals surface area contributed by atoms with E-state index in [0.29, 0.717) is 25.5 Å². The maximum Gasteiger partial charge on any atom is 0.227 e. The third-order valence-electron chi connectivity index (χ3n) is 3.04. The molecule has 4 heteroatoms. The Balaban J connectivity index is 2.10. The molecule has 1 fully saturated rings. The average Bonchev–Trinajstić information content (AvgIpc) is 2.78. The summed E-state index contributed by atoms with van der Waals surface area (Å²) in [5.74, 6) is 1.65. The molecule has 0 radical (unpaired) electrons. The Morgan fingerprint density at radius 2 is 2.37 bits per heavy atom. The third-order valence-corrected chi connectivity index (χ3v) is 3.47. The summed E-state index contributed by atoms with van der Waals surface area (Å²) in [6.07, 6.45) is 0.528. The van der Waals surface area contributed by atoms with Crippen LogP contribution in [0.4, 0.5) is 5.69 Å². The van der Waals surface area contributed by atoms with Crippen LogP contribution in [0.15, 0.2) is 36.4 Å². The van der Waals surface area contributed by atoms with Crippen LogP contribution >= 0.6 is 11.6 Å². The second kappa shape index (κ2) is 6.11. The van der Waals surface area contributed by atoms with Gasteiger partial charge in [-0.1, -0.05) is 12.6 Å². The van der Waals surface area contributed by atoms with Gasteiger partial charge in [-0.3, -0.25) is 4.79 Å². The molecule has 1 aromatic carbocycles. The van der Waals surface area contributed by atoms with Gasteiger partial charge in [0.2, 0.25) is 5.91 Å². The number of ether oxygens (including phenoxy) is 1. The van der Waals surface area contributed by atoms with E-state index in [0.717, 1.165) is 17.0 Å². The van der Waals surface area contributed by atoms with Gasteiger partial charge in [-0.15, -0.1) is 11.6 Å². The van der Waals surface area contributed by atoms with Crippen molar-refractivity contribution in [2.45, 2.75) is 13.3 Å². The van der Waals surface area contributed by atoms with Gasteiger partial charge in [0.15, 0.2) is 0 Å². The van der Waals surface area contributed by atoms with Gasteiger partial charge >= 0.3 is 0 Å². The fourth-order valence-corrected chi connectivity index (χ4v) is 2.29. The predicted molar refractivity (Wildman–Crippen MR) is 77.9 cm³/mol. The summed E-state index contributed by atoms with van der Waals surface area (Å²) in [6, 6.07) is 7.58. The first-order chi connectivity index (χ1) is 9.10. The molecule has 1 atom stereocenters. The number of carbonyl (C=O) groups excluding carboxylic acids is 1. The van der Waals surface area contributed by atoms with Gasteiger partial charge < -0.3 is 9.64 Å². The quantitative estimate of drug-likeness (QED) is 0.612. The van der Waals surface area contributed by atoms with Crippen molar-refractivity contribution in [2.75, 3.05) is 23.9 Å². The topological polar surface area (TPSA) is 29.5 Å². The summed E-state index contributed by atoms with van der Waals surface area (Å²) in [4.78, 5) is 13.7. The van der Waals surface area contributed by atoms with Gasteiger partial charge in [0.05, 0.1) is 0 Å². The Bertz CT molecular complexity index is 487. The van der Waals surface area contributed by atoms with Gasteiger partial charge in [-0.2, -0.15) is 0 Å². The van der Waals surface area contributed by atoms with E-state index in [4.69, 9.17) is 16.3 Å². The molecule has 19 heavy (non-hydrogen) atoms. The molecular weight excluding hydrogens is 262 g/mol. The van der Waals surface area contributed by atoms with Crippen molar-refractivity contribution in [3.05, 3.63) is 36.4 Å². The van der Waals surface area contributed by atoms with E-state index in [2.05, 4.69) is 6.58 Å². The van der Waals surface area contributed by atoms with E-state index in [1.807, 2.05) is 31.2 Å². The number of amides is 1. The summed E-state index contributed by atoms with van der Waals surface area (Å²) in [6.45, 7) is 6.89. The lowest BCUT2D eigenvalue weighted by Crippen LogP contribution is -2.24. The van der Waals surface area contributed by atoms with E-state index in [1.165, 1.54) is 0 Å². The zero-order valence-corrected chi connectivity index (χ0v) is 11.8. The molecule has 1 unspecified atom stereocenters. The van der Waals surface area contributed by atoms with E-state index >= 15 is 0 Å². The number of hydrogen-bond donors (Lipinski definition) is 0. The molecule has 3 nitrogen and oxygen atoms in total. The number of anilines is 1. The molecule has 1 amide bonds. The van der Waals surface area contributed by atoms with Crippen molar-refractivity contribution < 1.29 is 9.53 Å². The van der Waals surface area contributed by atoms with Crippen molar-refractivity contribution >= 4 is 23.2 Å². The van der Waals surface area contributed by atoms with Crippen molar-refractivity contribution in [3.63, 3.8) is 0 Å². The Morgan fingerprint density at radius 3 is 3.00 bits per heavy atom. The number of hydrogen-bond acceptors (Lipinski definition) is 2. The Hall–Kier alpha value is -1.48. The van der Waals surface area contributed by atoms with Gasteiger partial charge in [0.25, 0.3) is 0 Å². The van der Waals surface area contributed by atoms with Gasteiger partial charge in [0, 0.05) is 30.6 Å². The fraction of sp³-hybridized carbons (Fsp3) is 0.400. The number of benzene rings is 1. The van der Waals surface area contributed by atoms with Gasteiger partial charge in [0.1, 0.15) is 12.4 Å². The summed E-state index contributed by atoms with van der Waals surface area (Å²) >= 11 is 5.83. The number of alkyl halides is 1. The second-order valence-corrected chi connectivity index (χ2v) is 5.28. The van der Waals surface area contributed by atoms with Gasteiger partial charge in [-0.25, -0.2) is 0 Å². The van der Waals surface area contributed by atoms with E-state index < -0.39 is 0 Å². The molecule has 0 aromatic heterocycles. The first-order valence-corrected chi connectivity index (χ1v) is 6.87. The summed E-state index contributed by atoms with van der Waals surface area (Å²) in [7, 11) is 0. The van der Waals surface area contributed by atoms with Crippen LogP contribution in [0.3, 0.4) is 0 Å². The highest BCUT2D eigenvalue weighted by atomic mass is 35.5. The molecule has 0 saturated carbocycles. The molecule has 102 valence electrons. The largest absolute Gasteiger partial charge is 0.489 e. The van der Waals surface area contributed by atoms with Crippen LogP contribution in [0.25, 0.3) is 0 Å².